The zero-order chi connectivity index (χ0) is 27.4. The first-order valence-electron chi connectivity index (χ1n) is 12.1. The van der Waals surface area contributed by atoms with Crippen LogP contribution < -0.4 is 34.2 Å². The molecule has 200 valence electrons. The van der Waals surface area contributed by atoms with Gasteiger partial charge in [0.2, 0.25) is 17.4 Å². The molecule has 0 saturated heterocycles. The van der Waals surface area contributed by atoms with Gasteiger partial charge >= 0.3 is 0 Å². The second-order valence-electron chi connectivity index (χ2n) is 8.72. The van der Waals surface area contributed by atoms with Gasteiger partial charge in [0.25, 0.3) is 0 Å². The first kappa shape index (κ1) is 26.6. The second-order valence-corrected chi connectivity index (χ2v) is 8.72. The van der Waals surface area contributed by atoms with E-state index >= 15 is 0 Å². The van der Waals surface area contributed by atoms with Crippen molar-refractivity contribution in [1.29, 1.82) is 5.26 Å². The lowest BCUT2D eigenvalue weighted by molar-refractivity contribution is 0.276. The Morgan fingerprint density at radius 3 is 1.82 bits per heavy atom. The van der Waals surface area contributed by atoms with Gasteiger partial charge in [0.15, 0.2) is 23.0 Å². The van der Waals surface area contributed by atoms with Crippen LogP contribution in [0.1, 0.15) is 36.3 Å². The van der Waals surface area contributed by atoms with Gasteiger partial charge in [-0.2, -0.15) is 5.26 Å². The van der Waals surface area contributed by atoms with E-state index in [1.54, 1.807) is 42.7 Å². The lowest BCUT2D eigenvalue weighted by Crippen LogP contribution is -2.24. The highest BCUT2D eigenvalue weighted by atomic mass is 16.5. The Balaban J connectivity index is 1.89. The normalized spacial score (nSPS) is 17.8. The molecule has 2 N–H and O–H groups in total. The van der Waals surface area contributed by atoms with Crippen molar-refractivity contribution in [2.75, 3.05) is 42.7 Å². The van der Waals surface area contributed by atoms with Gasteiger partial charge in [0, 0.05) is 5.92 Å². The fraction of sp³-hybridized carbons (Fsp3) is 0.345. The maximum absolute atomic E-state index is 10.1. The Hall–Kier alpha value is -4.45. The van der Waals surface area contributed by atoms with E-state index in [4.69, 9.17) is 38.9 Å². The third-order valence-corrected chi connectivity index (χ3v) is 6.76. The average Bonchev–Trinajstić information content (AvgIpc) is 2.95. The Labute approximate surface area is 222 Å². The summed E-state index contributed by atoms with van der Waals surface area (Å²) in [6, 6.07) is 9.72. The molecule has 4 rings (SSSR count). The highest BCUT2D eigenvalue weighted by molar-refractivity contribution is 5.68. The SMILES string of the molecule is COc1cc(C=C2CCCC3=C2OC(N)=C(C#N)C3c2cc(OC)c(OC)c(OC)c2)cc(OC)c1OC. The van der Waals surface area contributed by atoms with Crippen LogP contribution >= 0.6 is 0 Å². The quantitative estimate of drug-likeness (QED) is 0.510. The molecule has 0 saturated carbocycles. The third kappa shape index (κ3) is 4.65. The Bertz CT molecular complexity index is 1320. The van der Waals surface area contributed by atoms with Crippen LogP contribution in [0.2, 0.25) is 0 Å². The van der Waals surface area contributed by atoms with Gasteiger partial charge in [0.05, 0.1) is 42.7 Å². The van der Waals surface area contributed by atoms with E-state index in [-0.39, 0.29) is 5.88 Å². The lowest BCUT2D eigenvalue weighted by atomic mass is 9.76. The fourth-order valence-electron chi connectivity index (χ4n) is 5.07. The predicted molar refractivity (Wildman–Crippen MR) is 142 cm³/mol. The van der Waals surface area contributed by atoms with E-state index in [1.165, 1.54) is 0 Å². The van der Waals surface area contributed by atoms with Crippen molar-refractivity contribution >= 4 is 6.08 Å². The molecule has 9 heteroatoms. The van der Waals surface area contributed by atoms with Gasteiger partial charge in [-0.15, -0.1) is 0 Å². The van der Waals surface area contributed by atoms with Crippen molar-refractivity contribution < 1.29 is 33.2 Å². The summed E-state index contributed by atoms with van der Waals surface area (Å²) in [5.41, 5.74) is 10.2. The minimum absolute atomic E-state index is 0.0719. The van der Waals surface area contributed by atoms with Crippen LogP contribution in [-0.4, -0.2) is 42.7 Å². The largest absolute Gasteiger partial charge is 0.493 e. The third-order valence-electron chi connectivity index (χ3n) is 6.76. The van der Waals surface area contributed by atoms with Crippen LogP contribution in [0.5, 0.6) is 34.5 Å². The van der Waals surface area contributed by atoms with E-state index in [0.29, 0.717) is 45.8 Å². The maximum atomic E-state index is 10.1. The molecule has 0 fully saturated rings. The van der Waals surface area contributed by atoms with Gasteiger partial charge in [-0.1, -0.05) is 0 Å². The Morgan fingerprint density at radius 2 is 1.34 bits per heavy atom. The number of hydrogen-bond donors (Lipinski definition) is 1. The molecule has 1 heterocycles. The van der Waals surface area contributed by atoms with E-state index in [2.05, 4.69) is 6.07 Å². The van der Waals surface area contributed by atoms with Crippen molar-refractivity contribution in [2.45, 2.75) is 25.2 Å². The summed E-state index contributed by atoms with van der Waals surface area (Å²) >= 11 is 0. The molecule has 1 aliphatic carbocycles. The van der Waals surface area contributed by atoms with Crippen molar-refractivity contribution in [3.05, 3.63) is 63.8 Å². The number of methoxy groups -OCH3 is 6. The molecule has 0 radical (unpaired) electrons. The topological polar surface area (TPSA) is 114 Å². The van der Waals surface area contributed by atoms with Crippen molar-refractivity contribution in [3.63, 3.8) is 0 Å². The first-order chi connectivity index (χ1) is 18.4. The monoisotopic (exact) mass is 520 g/mol. The van der Waals surface area contributed by atoms with Crippen LogP contribution in [0.3, 0.4) is 0 Å². The van der Waals surface area contributed by atoms with Crippen LogP contribution in [-0.2, 0) is 4.74 Å². The summed E-state index contributed by atoms with van der Waals surface area (Å²) < 4.78 is 39.3. The molecule has 1 aliphatic heterocycles. The Kier molecular flexibility index (Phi) is 7.91. The standard InChI is InChI=1S/C29H32N2O7/c1-32-21-11-16(12-22(33-2)27(21)36-5)10-17-8-7-9-19-25(20(15-30)29(31)38-26(17)19)18-13-23(34-3)28(37-6)24(14-18)35-4/h10-14,25H,7-9,31H2,1-6H3. The number of nitrogens with two attached hydrogens (primary N) is 1. The Morgan fingerprint density at radius 1 is 0.816 bits per heavy atom. The highest BCUT2D eigenvalue weighted by Crippen LogP contribution is 2.50. The van der Waals surface area contributed by atoms with E-state index in [9.17, 15) is 5.26 Å². The molecule has 9 nitrogen and oxygen atoms in total. The molecule has 0 bridgehead atoms. The molecule has 38 heavy (non-hydrogen) atoms. The second kappa shape index (κ2) is 11.3. The number of benzene rings is 2. The number of rotatable bonds is 8. The molecule has 0 aromatic heterocycles. The van der Waals surface area contributed by atoms with Crippen molar-refractivity contribution in [3.8, 4) is 40.6 Å². The molecular weight excluding hydrogens is 488 g/mol. The number of ether oxygens (including phenoxy) is 7. The number of nitrogens with zero attached hydrogens (tertiary/aromatic N) is 1. The van der Waals surface area contributed by atoms with Gasteiger partial charge in [-0.25, -0.2) is 0 Å². The van der Waals surface area contributed by atoms with Crippen LogP contribution in [0, 0.1) is 11.3 Å². The van der Waals surface area contributed by atoms with Gasteiger partial charge in [-0.3, -0.25) is 0 Å². The smallest absolute Gasteiger partial charge is 0.205 e. The first-order valence-corrected chi connectivity index (χ1v) is 12.1. The average molecular weight is 521 g/mol. The zero-order valence-corrected chi connectivity index (χ0v) is 22.5. The summed E-state index contributed by atoms with van der Waals surface area (Å²) in [6.45, 7) is 0. The molecule has 2 aliphatic rings. The minimum atomic E-state index is -0.430. The lowest BCUT2D eigenvalue weighted by Gasteiger charge is -2.33. The van der Waals surface area contributed by atoms with Crippen LogP contribution in [0.4, 0.5) is 0 Å². The fourth-order valence-corrected chi connectivity index (χ4v) is 5.07. The molecule has 0 amide bonds. The van der Waals surface area contributed by atoms with Gasteiger partial charge in [0.1, 0.15) is 17.4 Å². The van der Waals surface area contributed by atoms with E-state index in [0.717, 1.165) is 41.5 Å². The number of hydrogen-bond acceptors (Lipinski definition) is 9. The number of allylic oxidation sites excluding steroid dienone is 3. The zero-order valence-electron chi connectivity index (χ0n) is 22.5. The molecule has 2 aromatic rings. The summed E-state index contributed by atoms with van der Waals surface area (Å²) in [5.74, 6) is 3.39. The molecule has 0 spiro atoms. The van der Waals surface area contributed by atoms with E-state index in [1.807, 2.05) is 30.3 Å². The number of nitriles is 1. The maximum Gasteiger partial charge on any atom is 0.205 e. The highest BCUT2D eigenvalue weighted by Gasteiger charge is 2.36. The van der Waals surface area contributed by atoms with E-state index < -0.39 is 5.92 Å². The molecule has 2 aromatic carbocycles. The summed E-state index contributed by atoms with van der Waals surface area (Å²) in [7, 11) is 9.40. The van der Waals surface area contributed by atoms with Gasteiger partial charge < -0.3 is 38.9 Å². The summed E-state index contributed by atoms with van der Waals surface area (Å²) in [5, 5.41) is 10.1. The summed E-state index contributed by atoms with van der Waals surface area (Å²) in [4.78, 5) is 0. The van der Waals surface area contributed by atoms with Crippen molar-refractivity contribution in [2.24, 2.45) is 5.73 Å². The van der Waals surface area contributed by atoms with Crippen molar-refractivity contribution in [1.82, 2.24) is 0 Å². The molecule has 1 atom stereocenters. The van der Waals surface area contributed by atoms with Gasteiger partial charge in [-0.05, 0) is 71.9 Å². The van der Waals surface area contributed by atoms with Crippen LogP contribution in [0.25, 0.3) is 6.08 Å². The molecule has 1 unspecified atom stereocenters. The summed E-state index contributed by atoms with van der Waals surface area (Å²) in [6.07, 6.45) is 4.40. The minimum Gasteiger partial charge on any atom is -0.493 e. The molecular formula is C29H32N2O7. The predicted octanol–water partition coefficient (Wildman–Crippen LogP) is 5.07. The van der Waals surface area contributed by atoms with Crippen LogP contribution in [0.15, 0.2) is 52.6 Å².